The smallest absolute Gasteiger partial charge is 0.131 e. The van der Waals surface area contributed by atoms with Crippen LogP contribution in [0.1, 0.15) is 70.3 Å². The van der Waals surface area contributed by atoms with E-state index in [1.165, 1.54) is 32.1 Å². The lowest BCUT2D eigenvalue weighted by atomic mass is 10.1. The van der Waals surface area contributed by atoms with E-state index in [-0.39, 0.29) is 0 Å². The minimum absolute atomic E-state index is 0.348. The van der Waals surface area contributed by atoms with Gasteiger partial charge in [0.15, 0.2) is 0 Å². The van der Waals surface area contributed by atoms with Gasteiger partial charge in [-0.25, -0.2) is 9.97 Å². The second-order valence-corrected chi connectivity index (χ2v) is 6.02. The molecule has 1 atom stereocenters. The van der Waals surface area contributed by atoms with Gasteiger partial charge in [-0.2, -0.15) is 0 Å². The molecule has 0 saturated carbocycles. The summed E-state index contributed by atoms with van der Waals surface area (Å²) in [6, 6.07) is 0.608. The van der Waals surface area contributed by atoms with E-state index >= 15 is 0 Å². The fourth-order valence-corrected chi connectivity index (χ4v) is 3.01. The van der Waals surface area contributed by atoms with Crippen molar-refractivity contribution in [1.82, 2.24) is 9.97 Å². The molecule has 2 heterocycles. The average molecular weight is 276 g/mol. The van der Waals surface area contributed by atoms with Crippen LogP contribution in [0, 0.1) is 0 Å². The van der Waals surface area contributed by atoms with Crippen molar-refractivity contribution in [3.8, 4) is 0 Å². The third-order valence-corrected chi connectivity index (χ3v) is 4.23. The Bertz CT molecular complexity index is 430. The normalized spacial score (nSPS) is 20.2. The van der Waals surface area contributed by atoms with Crippen molar-refractivity contribution in [3.05, 3.63) is 17.7 Å². The summed E-state index contributed by atoms with van der Waals surface area (Å²) >= 11 is 0. The summed E-state index contributed by atoms with van der Waals surface area (Å²) < 4.78 is 0. The summed E-state index contributed by atoms with van der Waals surface area (Å²) in [5.74, 6) is 1.25. The first-order chi connectivity index (χ1) is 9.67. The Hall–Kier alpha value is -1.16. The minimum Gasteiger partial charge on any atom is -0.366 e. The summed E-state index contributed by atoms with van der Waals surface area (Å²) in [5, 5.41) is 0. The van der Waals surface area contributed by atoms with Crippen LogP contribution in [-0.2, 0) is 6.54 Å². The van der Waals surface area contributed by atoms with Gasteiger partial charge in [0.25, 0.3) is 0 Å². The average Bonchev–Trinajstić information content (AvgIpc) is 2.71. The molecule has 112 valence electrons. The van der Waals surface area contributed by atoms with Gasteiger partial charge in [-0.1, -0.05) is 33.6 Å². The van der Waals surface area contributed by atoms with E-state index in [2.05, 4.69) is 35.6 Å². The summed E-state index contributed by atoms with van der Waals surface area (Å²) in [4.78, 5) is 11.7. The van der Waals surface area contributed by atoms with Crippen LogP contribution in [-0.4, -0.2) is 22.6 Å². The highest BCUT2D eigenvalue weighted by molar-refractivity contribution is 5.50. The maximum atomic E-state index is 5.94. The van der Waals surface area contributed by atoms with Crippen molar-refractivity contribution in [1.29, 1.82) is 0 Å². The molecule has 2 rings (SSSR count). The van der Waals surface area contributed by atoms with E-state index in [0.29, 0.717) is 18.5 Å². The summed E-state index contributed by atoms with van der Waals surface area (Å²) in [6.45, 7) is 8.11. The molecule has 0 spiro atoms. The highest BCUT2D eigenvalue weighted by Gasteiger charge is 2.23. The zero-order valence-corrected chi connectivity index (χ0v) is 13.1. The van der Waals surface area contributed by atoms with Crippen molar-refractivity contribution in [2.24, 2.45) is 5.73 Å². The molecular formula is C16H28N4. The van der Waals surface area contributed by atoms with E-state index in [1.54, 1.807) is 0 Å². The van der Waals surface area contributed by atoms with Gasteiger partial charge < -0.3 is 10.6 Å². The molecule has 0 bridgehead atoms. The first kappa shape index (κ1) is 15.2. The van der Waals surface area contributed by atoms with Gasteiger partial charge in [-0.15, -0.1) is 0 Å². The van der Waals surface area contributed by atoms with E-state index in [0.717, 1.165) is 23.8 Å². The van der Waals surface area contributed by atoms with Crippen LogP contribution in [0.4, 0.5) is 5.69 Å². The molecular weight excluding hydrogens is 248 g/mol. The lowest BCUT2D eigenvalue weighted by molar-refractivity contribution is 0.552. The molecule has 0 aliphatic carbocycles. The van der Waals surface area contributed by atoms with Crippen molar-refractivity contribution < 1.29 is 0 Å². The summed E-state index contributed by atoms with van der Waals surface area (Å²) in [6.07, 6.45) is 8.36. The van der Waals surface area contributed by atoms with Gasteiger partial charge in [0.2, 0.25) is 0 Å². The number of nitrogens with zero attached hydrogens (tertiary/aromatic N) is 3. The Morgan fingerprint density at radius 3 is 2.80 bits per heavy atom. The zero-order valence-electron chi connectivity index (χ0n) is 13.1. The topological polar surface area (TPSA) is 55.0 Å². The van der Waals surface area contributed by atoms with Crippen LogP contribution in [0.5, 0.6) is 0 Å². The molecule has 2 N–H and O–H groups in total. The molecule has 1 aromatic heterocycles. The minimum atomic E-state index is 0.348. The van der Waals surface area contributed by atoms with Crippen molar-refractivity contribution in [3.63, 3.8) is 0 Å². The van der Waals surface area contributed by atoms with E-state index in [4.69, 9.17) is 5.73 Å². The molecule has 0 radical (unpaired) electrons. The second-order valence-electron chi connectivity index (χ2n) is 6.02. The van der Waals surface area contributed by atoms with Gasteiger partial charge in [-0.05, 0) is 19.3 Å². The van der Waals surface area contributed by atoms with Crippen molar-refractivity contribution in [2.45, 2.75) is 71.4 Å². The fraction of sp³-hybridized carbons (Fsp3) is 0.750. The molecule has 1 unspecified atom stereocenters. The Morgan fingerprint density at radius 2 is 2.15 bits per heavy atom. The van der Waals surface area contributed by atoms with Crippen molar-refractivity contribution >= 4 is 5.69 Å². The Kier molecular flexibility index (Phi) is 5.35. The second kappa shape index (κ2) is 7.02. The number of aromatic nitrogens is 2. The predicted octanol–water partition coefficient (Wildman–Crippen LogP) is 3.22. The lowest BCUT2D eigenvalue weighted by Gasteiger charge is -2.32. The summed E-state index contributed by atoms with van der Waals surface area (Å²) in [7, 11) is 0. The third kappa shape index (κ3) is 3.29. The fourth-order valence-electron chi connectivity index (χ4n) is 3.01. The third-order valence-electron chi connectivity index (χ3n) is 4.23. The lowest BCUT2D eigenvalue weighted by Crippen LogP contribution is -2.35. The molecule has 1 aliphatic heterocycles. The van der Waals surface area contributed by atoms with Crippen molar-refractivity contribution in [2.75, 3.05) is 11.4 Å². The first-order valence-corrected chi connectivity index (χ1v) is 7.99. The Balaban J connectivity index is 2.33. The molecule has 0 aromatic carbocycles. The Labute approximate surface area is 122 Å². The summed E-state index contributed by atoms with van der Waals surface area (Å²) in [5.41, 5.74) is 8.10. The monoisotopic (exact) mass is 276 g/mol. The van der Waals surface area contributed by atoms with Crippen LogP contribution in [0.3, 0.4) is 0 Å². The number of anilines is 1. The zero-order chi connectivity index (χ0) is 14.5. The van der Waals surface area contributed by atoms with Crippen LogP contribution < -0.4 is 10.6 Å². The quantitative estimate of drug-likeness (QED) is 0.917. The van der Waals surface area contributed by atoms with Crippen LogP contribution >= 0.6 is 0 Å². The number of hydrogen-bond acceptors (Lipinski definition) is 4. The van der Waals surface area contributed by atoms with Gasteiger partial charge in [0.1, 0.15) is 5.82 Å². The highest BCUT2D eigenvalue weighted by Crippen LogP contribution is 2.28. The van der Waals surface area contributed by atoms with E-state index in [9.17, 15) is 0 Å². The predicted molar refractivity (Wildman–Crippen MR) is 83.9 cm³/mol. The highest BCUT2D eigenvalue weighted by atomic mass is 15.2. The number of nitrogens with two attached hydrogens (primary N) is 1. The number of rotatable bonds is 4. The molecule has 1 aromatic rings. The SMILES string of the molecule is CCC1CCCCCN1c1cnc(C(C)C)nc1CN. The standard InChI is InChI=1S/C16H28N4/c1-4-13-8-6-5-7-9-20(13)15-11-18-16(12(2)3)19-14(15)10-17/h11-13H,4-10,17H2,1-3H3. The molecule has 4 heteroatoms. The maximum Gasteiger partial charge on any atom is 0.131 e. The van der Waals surface area contributed by atoms with Gasteiger partial charge >= 0.3 is 0 Å². The molecule has 20 heavy (non-hydrogen) atoms. The molecule has 1 fully saturated rings. The van der Waals surface area contributed by atoms with Crippen LogP contribution in [0.2, 0.25) is 0 Å². The van der Waals surface area contributed by atoms with E-state index < -0.39 is 0 Å². The van der Waals surface area contributed by atoms with Gasteiger partial charge in [0, 0.05) is 25.0 Å². The maximum absolute atomic E-state index is 5.94. The number of hydrogen-bond donors (Lipinski definition) is 1. The largest absolute Gasteiger partial charge is 0.366 e. The van der Waals surface area contributed by atoms with E-state index in [1.807, 2.05) is 6.20 Å². The first-order valence-electron chi connectivity index (χ1n) is 7.99. The molecule has 1 saturated heterocycles. The molecule has 4 nitrogen and oxygen atoms in total. The van der Waals surface area contributed by atoms with Gasteiger partial charge in [0.05, 0.1) is 17.6 Å². The molecule has 1 aliphatic rings. The van der Waals surface area contributed by atoms with Crippen LogP contribution in [0.15, 0.2) is 6.20 Å². The van der Waals surface area contributed by atoms with Gasteiger partial charge in [-0.3, -0.25) is 0 Å². The molecule has 0 amide bonds. The Morgan fingerprint density at radius 1 is 1.35 bits per heavy atom. The van der Waals surface area contributed by atoms with Crippen LogP contribution in [0.25, 0.3) is 0 Å².